The Morgan fingerprint density at radius 2 is 1.55 bits per heavy atom. The molecule has 1 heterocycles. The molecule has 3 aromatic rings. The van der Waals surface area contributed by atoms with Crippen molar-refractivity contribution in [1.82, 2.24) is 9.97 Å². The highest BCUT2D eigenvalue weighted by Crippen LogP contribution is 2.13. The summed E-state index contributed by atoms with van der Waals surface area (Å²) >= 11 is 0. The predicted molar refractivity (Wildman–Crippen MR) is 89.1 cm³/mol. The molecule has 3 N–H and O–H groups in total. The molecule has 2 aromatic carbocycles. The van der Waals surface area contributed by atoms with Crippen molar-refractivity contribution in [1.29, 1.82) is 0 Å². The Hall–Kier alpha value is -1.91. The zero-order valence-electron chi connectivity index (χ0n) is 10.7. The van der Waals surface area contributed by atoms with E-state index in [1.54, 1.807) is 0 Å². The van der Waals surface area contributed by atoms with E-state index in [0.717, 1.165) is 22.7 Å². The minimum atomic E-state index is 0. The maximum Gasteiger partial charge on any atom is 0.202 e. The third-order valence-corrected chi connectivity index (χ3v) is 2.71. The van der Waals surface area contributed by atoms with E-state index in [0.29, 0.717) is 6.67 Å². The second-order valence-corrected chi connectivity index (χ2v) is 4.00. The molecule has 106 valence electrons. The number of anilines is 2. The van der Waals surface area contributed by atoms with E-state index in [2.05, 4.69) is 20.6 Å². The van der Waals surface area contributed by atoms with E-state index in [1.807, 2.05) is 54.6 Å². The molecule has 0 aliphatic rings. The standard InChI is InChI=1S/C14H14N4.2ClH/c1-2-6-11(7-3-1)15-10-16-14-17-12-8-4-5-9-13(12)18-14;;/h1-9,15H,10H2,(H2,16,17,18);2*1H. The van der Waals surface area contributed by atoms with E-state index in [4.69, 9.17) is 0 Å². The molecule has 6 heteroatoms. The Kier molecular flexibility index (Phi) is 6.15. The van der Waals surface area contributed by atoms with Crippen molar-refractivity contribution in [2.24, 2.45) is 0 Å². The van der Waals surface area contributed by atoms with Crippen molar-refractivity contribution >= 4 is 47.5 Å². The van der Waals surface area contributed by atoms with E-state index in [-0.39, 0.29) is 24.8 Å². The summed E-state index contributed by atoms with van der Waals surface area (Å²) in [6.45, 7) is 0.629. The second-order valence-electron chi connectivity index (χ2n) is 4.00. The molecule has 0 saturated heterocycles. The van der Waals surface area contributed by atoms with Crippen molar-refractivity contribution in [3.63, 3.8) is 0 Å². The fraction of sp³-hybridized carbons (Fsp3) is 0.0714. The molecule has 1 aromatic heterocycles. The third kappa shape index (κ3) is 3.79. The highest BCUT2D eigenvalue weighted by molar-refractivity contribution is 5.85. The normalized spacial score (nSPS) is 9.40. The molecule has 0 unspecified atom stereocenters. The van der Waals surface area contributed by atoms with Crippen LogP contribution in [0.15, 0.2) is 54.6 Å². The minimum Gasteiger partial charge on any atom is -0.368 e. The van der Waals surface area contributed by atoms with E-state index >= 15 is 0 Å². The van der Waals surface area contributed by atoms with Gasteiger partial charge in [0.25, 0.3) is 0 Å². The number of hydrogen-bond acceptors (Lipinski definition) is 3. The summed E-state index contributed by atoms with van der Waals surface area (Å²) in [5.41, 5.74) is 3.10. The number of aromatic nitrogens is 2. The van der Waals surface area contributed by atoms with Crippen molar-refractivity contribution in [2.75, 3.05) is 17.3 Å². The van der Waals surface area contributed by atoms with Crippen LogP contribution in [0.3, 0.4) is 0 Å². The largest absolute Gasteiger partial charge is 0.368 e. The fourth-order valence-electron chi connectivity index (χ4n) is 1.82. The van der Waals surface area contributed by atoms with Crippen molar-refractivity contribution < 1.29 is 0 Å². The Morgan fingerprint density at radius 1 is 0.850 bits per heavy atom. The van der Waals surface area contributed by atoms with Gasteiger partial charge in [-0.05, 0) is 24.3 Å². The van der Waals surface area contributed by atoms with Crippen LogP contribution in [0.1, 0.15) is 0 Å². The zero-order chi connectivity index (χ0) is 12.2. The van der Waals surface area contributed by atoms with E-state index in [9.17, 15) is 0 Å². The SMILES string of the molecule is Cl.Cl.c1ccc(NCNc2nc3ccccc3[nH]2)cc1. The van der Waals surface area contributed by atoms with Gasteiger partial charge in [-0.3, -0.25) is 0 Å². The first-order valence-corrected chi connectivity index (χ1v) is 5.89. The maximum absolute atomic E-state index is 4.44. The molecule has 4 nitrogen and oxygen atoms in total. The molecule has 0 spiro atoms. The van der Waals surface area contributed by atoms with Gasteiger partial charge >= 0.3 is 0 Å². The lowest BCUT2D eigenvalue weighted by Crippen LogP contribution is -2.12. The molecule has 20 heavy (non-hydrogen) atoms. The van der Waals surface area contributed by atoms with Crippen molar-refractivity contribution in [2.45, 2.75) is 0 Å². The highest BCUT2D eigenvalue weighted by Gasteiger charge is 1.99. The molecule has 0 atom stereocenters. The lowest BCUT2D eigenvalue weighted by Gasteiger charge is -2.06. The van der Waals surface area contributed by atoms with Crippen LogP contribution in [-0.2, 0) is 0 Å². The lowest BCUT2D eigenvalue weighted by molar-refractivity contribution is 1.15. The summed E-state index contributed by atoms with van der Waals surface area (Å²) in [6.07, 6.45) is 0. The van der Waals surface area contributed by atoms with Crippen LogP contribution >= 0.6 is 24.8 Å². The summed E-state index contributed by atoms with van der Waals surface area (Å²) in [7, 11) is 0. The van der Waals surface area contributed by atoms with Gasteiger partial charge < -0.3 is 15.6 Å². The molecular formula is C14H16Cl2N4. The molecule has 0 amide bonds. The Labute approximate surface area is 129 Å². The monoisotopic (exact) mass is 310 g/mol. The number of benzene rings is 2. The van der Waals surface area contributed by atoms with Gasteiger partial charge in [0.1, 0.15) is 0 Å². The number of fused-ring (bicyclic) bond motifs is 1. The number of rotatable bonds is 4. The van der Waals surface area contributed by atoms with Crippen LogP contribution in [0.25, 0.3) is 11.0 Å². The number of halogens is 2. The van der Waals surface area contributed by atoms with Crippen molar-refractivity contribution in [3.8, 4) is 0 Å². The molecule has 0 bridgehead atoms. The number of nitrogens with one attached hydrogen (secondary N) is 3. The third-order valence-electron chi connectivity index (χ3n) is 2.71. The summed E-state index contributed by atoms with van der Waals surface area (Å²) in [5, 5.41) is 6.47. The van der Waals surface area contributed by atoms with Gasteiger partial charge in [0.2, 0.25) is 5.95 Å². The Bertz CT molecular complexity index is 607. The summed E-state index contributed by atoms with van der Waals surface area (Å²) in [6, 6.07) is 18.0. The van der Waals surface area contributed by atoms with Gasteiger partial charge in [-0.2, -0.15) is 0 Å². The smallest absolute Gasteiger partial charge is 0.202 e. The number of nitrogens with zero attached hydrogens (tertiary/aromatic N) is 1. The molecule has 0 saturated carbocycles. The summed E-state index contributed by atoms with van der Waals surface area (Å²) in [4.78, 5) is 7.66. The van der Waals surface area contributed by atoms with Crippen LogP contribution < -0.4 is 10.6 Å². The molecule has 0 radical (unpaired) electrons. The first-order chi connectivity index (χ1) is 8.92. The predicted octanol–water partition coefficient (Wildman–Crippen LogP) is 3.89. The van der Waals surface area contributed by atoms with Crippen molar-refractivity contribution in [3.05, 3.63) is 54.6 Å². The number of imidazole rings is 1. The van der Waals surface area contributed by atoms with Crippen LogP contribution in [0, 0.1) is 0 Å². The van der Waals surface area contributed by atoms with Gasteiger partial charge in [-0.25, -0.2) is 4.98 Å². The van der Waals surface area contributed by atoms with Crippen LogP contribution in [0.5, 0.6) is 0 Å². The zero-order valence-corrected chi connectivity index (χ0v) is 12.3. The molecule has 3 rings (SSSR count). The maximum atomic E-state index is 4.44. The van der Waals surface area contributed by atoms with Gasteiger partial charge in [0, 0.05) is 5.69 Å². The number of hydrogen-bond donors (Lipinski definition) is 3. The number of para-hydroxylation sites is 3. The van der Waals surface area contributed by atoms with Gasteiger partial charge in [0.05, 0.1) is 17.7 Å². The molecule has 0 aliphatic heterocycles. The molecule has 0 aliphatic carbocycles. The van der Waals surface area contributed by atoms with Gasteiger partial charge in [0.15, 0.2) is 0 Å². The summed E-state index contributed by atoms with van der Waals surface area (Å²) < 4.78 is 0. The van der Waals surface area contributed by atoms with Gasteiger partial charge in [-0.1, -0.05) is 30.3 Å². The molecular weight excluding hydrogens is 295 g/mol. The average Bonchev–Trinajstić information content (AvgIpc) is 2.82. The second kappa shape index (κ2) is 7.62. The fourth-order valence-corrected chi connectivity index (χ4v) is 1.82. The first kappa shape index (κ1) is 16.1. The number of H-pyrrole nitrogens is 1. The van der Waals surface area contributed by atoms with Crippen LogP contribution in [0.4, 0.5) is 11.6 Å². The van der Waals surface area contributed by atoms with Crippen LogP contribution in [0.2, 0.25) is 0 Å². The van der Waals surface area contributed by atoms with Crippen LogP contribution in [-0.4, -0.2) is 16.6 Å². The number of aromatic amines is 1. The Balaban J connectivity index is 0.000001000. The first-order valence-electron chi connectivity index (χ1n) is 5.89. The van der Waals surface area contributed by atoms with E-state index < -0.39 is 0 Å². The van der Waals surface area contributed by atoms with Gasteiger partial charge in [-0.15, -0.1) is 24.8 Å². The van der Waals surface area contributed by atoms with E-state index in [1.165, 1.54) is 0 Å². The Morgan fingerprint density at radius 3 is 2.30 bits per heavy atom. The average molecular weight is 311 g/mol. The lowest BCUT2D eigenvalue weighted by atomic mass is 10.3. The minimum absolute atomic E-state index is 0. The highest BCUT2D eigenvalue weighted by atomic mass is 35.5. The molecule has 0 fully saturated rings. The quantitative estimate of drug-likeness (QED) is 0.641. The topological polar surface area (TPSA) is 52.7 Å². The summed E-state index contributed by atoms with van der Waals surface area (Å²) in [5.74, 6) is 0.777.